The van der Waals surface area contributed by atoms with Crippen LogP contribution in [0.25, 0.3) is 11.1 Å². The third kappa shape index (κ3) is 3.68. The summed E-state index contributed by atoms with van der Waals surface area (Å²) < 4.78 is 5.72. The molecule has 0 aromatic heterocycles. The zero-order valence-electron chi connectivity index (χ0n) is 20.5. The summed E-state index contributed by atoms with van der Waals surface area (Å²) in [5.74, 6) is -1.55. The number of likely N-dealkylation sites (N-methyl/N-ethyl adjacent to an activating group) is 1. The zero-order valence-corrected chi connectivity index (χ0v) is 20.5. The lowest BCUT2D eigenvalue weighted by Gasteiger charge is -2.60. The fourth-order valence-corrected chi connectivity index (χ4v) is 6.10. The lowest BCUT2D eigenvalue weighted by Crippen LogP contribution is -2.72. The fourth-order valence-electron chi connectivity index (χ4n) is 6.10. The predicted octanol–water partition coefficient (Wildman–Crippen LogP) is 4.55. The monoisotopic (exact) mass is 476 g/mol. The first kappa shape index (κ1) is 23.4. The third-order valence-corrected chi connectivity index (χ3v) is 8.53. The molecule has 2 aromatic carbocycles. The van der Waals surface area contributed by atoms with Crippen molar-refractivity contribution in [3.05, 3.63) is 59.7 Å². The van der Waals surface area contributed by atoms with Crippen molar-refractivity contribution in [2.75, 3.05) is 13.7 Å². The molecule has 3 aliphatic rings. The van der Waals surface area contributed by atoms with Gasteiger partial charge in [-0.05, 0) is 67.2 Å². The van der Waals surface area contributed by atoms with Crippen molar-refractivity contribution in [2.45, 2.75) is 62.9 Å². The molecule has 0 saturated heterocycles. The van der Waals surface area contributed by atoms with Crippen LogP contribution in [0.2, 0.25) is 0 Å². The number of alkyl carbamates (subject to hydrolysis) is 1. The minimum Gasteiger partial charge on any atom is -0.480 e. The van der Waals surface area contributed by atoms with Crippen LogP contribution in [0, 0.1) is 5.41 Å². The van der Waals surface area contributed by atoms with Gasteiger partial charge in [0, 0.05) is 13.0 Å². The Labute approximate surface area is 205 Å². The maximum absolute atomic E-state index is 13.5. The van der Waals surface area contributed by atoms with Gasteiger partial charge in [-0.15, -0.1) is 0 Å². The normalized spacial score (nSPS) is 19.1. The largest absolute Gasteiger partial charge is 0.480 e. The molecule has 35 heavy (non-hydrogen) atoms. The molecule has 3 aliphatic carbocycles. The average Bonchev–Trinajstić information content (AvgIpc) is 3.11. The van der Waals surface area contributed by atoms with E-state index in [1.54, 1.807) is 0 Å². The van der Waals surface area contributed by atoms with Crippen molar-refractivity contribution in [3.8, 4) is 11.1 Å². The van der Waals surface area contributed by atoms with E-state index in [4.69, 9.17) is 4.74 Å². The number of hydrogen-bond acceptors (Lipinski definition) is 4. The number of nitrogens with zero attached hydrogens (tertiary/aromatic N) is 1. The van der Waals surface area contributed by atoms with Gasteiger partial charge >= 0.3 is 12.1 Å². The number of nitrogens with one attached hydrogen (secondary N) is 1. The lowest BCUT2D eigenvalue weighted by atomic mass is 9.48. The number of fused-ring (bicyclic) bond motifs is 3. The van der Waals surface area contributed by atoms with Gasteiger partial charge in [0.05, 0.1) is 0 Å². The van der Waals surface area contributed by atoms with E-state index in [1.807, 2.05) is 24.3 Å². The number of amides is 2. The second kappa shape index (κ2) is 8.11. The Morgan fingerprint density at radius 1 is 1.03 bits per heavy atom. The summed E-state index contributed by atoms with van der Waals surface area (Å²) in [7, 11) is 1.49. The number of carboxylic acids is 1. The summed E-state index contributed by atoms with van der Waals surface area (Å²) in [5.41, 5.74) is 2.07. The fraction of sp³-hybridized carbons (Fsp3) is 0.464. The molecule has 0 heterocycles. The van der Waals surface area contributed by atoms with E-state index in [0.717, 1.165) is 41.5 Å². The highest BCUT2D eigenvalue weighted by Gasteiger charge is 2.63. The van der Waals surface area contributed by atoms with Crippen LogP contribution in [-0.4, -0.2) is 52.7 Å². The first-order chi connectivity index (χ1) is 16.6. The molecule has 7 heteroatoms. The summed E-state index contributed by atoms with van der Waals surface area (Å²) in [6, 6.07) is 16.2. The predicted molar refractivity (Wildman–Crippen MR) is 131 cm³/mol. The maximum atomic E-state index is 13.5. The molecule has 0 aliphatic heterocycles. The van der Waals surface area contributed by atoms with Gasteiger partial charge in [0.2, 0.25) is 5.91 Å². The van der Waals surface area contributed by atoms with Crippen LogP contribution in [0.5, 0.6) is 0 Å². The Hall–Kier alpha value is -3.35. The number of ether oxygens (including phenoxy) is 1. The Morgan fingerprint density at radius 3 is 2.06 bits per heavy atom. The van der Waals surface area contributed by atoms with Crippen LogP contribution in [0.4, 0.5) is 4.79 Å². The number of carboxylic acid groups (broad SMARTS) is 1. The first-order valence-electron chi connectivity index (χ1n) is 12.2. The van der Waals surface area contributed by atoms with Crippen LogP contribution in [0.3, 0.4) is 0 Å². The van der Waals surface area contributed by atoms with Crippen LogP contribution in [0.1, 0.15) is 63.0 Å². The highest BCUT2D eigenvalue weighted by Crippen LogP contribution is 2.61. The molecule has 184 valence electrons. The van der Waals surface area contributed by atoms with Gasteiger partial charge in [0.25, 0.3) is 0 Å². The number of carbonyl (C=O) groups is 3. The summed E-state index contributed by atoms with van der Waals surface area (Å²) in [4.78, 5) is 39.6. The Bertz CT molecular complexity index is 1150. The summed E-state index contributed by atoms with van der Waals surface area (Å²) in [6.07, 6.45) is 3.56. The van der Waals surface area contributed by atoms with Crippen molar-refractivity contribution in [2.24, 2.45) is 5.41 Å². The van der Waals surface area contributed by atoms with E-state index in [1.165, 1.54) is 25.8 Å². The molecule has 2 fully saturated rings. The molecule has 0 atom stereocenters. The van der Waals surface area contributed by atoms with Gasteiger partial charge in [-0.1, -0.05) is 55.0 Å². The first-order valence-corrected chi connectivity index (χ1v) is 12.2. The smallest absolute Gasteiger partial charge is 0.408 e. The van der Waals surface area contributed by atoms with E-state index in [-0.39, 0.29) is 23.8 Å². The highest BCUT2D eigenvalue weighted by molar-refractivity contribution is 5.95. The van der Waals surface area contributed by atoms with Gasteiger partial charge in [0.15, 0.2) is 0 Å². The van der Waals surface area contributed by atoms with E-state index in [0.29, 0.717) is 12.8 Å². The molecule has 0 unspecified atom stereocenters. The second-order valence-electron chi connectivity index (χ2n) is 11.0. The molecule has 2 saturated carbocycles. The number of hydrogen-bond donors (Lipinski definition) is 2. The van der Waals surface area contributed by atoms with Gasteiger partial charge in [-0.25, -0.2) is 9.59 Å². The van der Waals surface area contributed by atoms with E-state index in [9.17, 15) is 19.5 Å². The summed E-state index contributed by atoms with van der Waals surface area (Å²) >= 11 is 0. The molecule has 1 spiro atoms. The van der Waals surface area contributed by atoms with Gasteiger partial charge in [-0.3, -0.25) is 4.79 Å². The lowest BCUT2D eigenvalue weighted by molar-refractivity contribution is -0.167. The molecule has 2 amide bonds. The van der Waals surface area contributed by atoms with Crippen molar-refractivity contribution < 1.29 is 24.2 Å². The van der Waals surface area contributed by atoms with Crippen molar-refractivity contribution >= 4 is 18.0 Å². The summed E-state index contributed by atoms with van der Waals surface area (Å²) in [6.45, 7) is 3.14. The van der Waals surface area contributed by atoms with Gasteiger partial charge in [-0.2, -0.15) is 0 Å². The minimum absolute atomic E-state index is 0.0699. The Kier molecular flexibility index (Phi) is 5.42. The average molecular weight is 477 g/mol. The summed E-state index contributed by atoms with van der Waals surface area (Å²) in [5, 5.41) is 12.5. The van der Waals surface area contributed by atoms with Crippen molar-refractivity contribution in [1.29, 1.82) is 0 Å². The molecular weight excluding hydrogens is 444 g/mol. The Morgan fingerprint density at radius 2 is 1.57 bits per heavy atom. The molecule has 7 nitrogen and oxygen atoms in total. The molecule has 0 bridgehead atoms. The van der Waals surface area contributed by atoms with E-state index >= 15 is 0 Å². The number of rotatable bonds is 6. The highest BCUT2D eigenvalue weighted by atomic mass is 16.5. The van der Waals surface area contributed by atoms with E-state index < -0.39 is 23.1 Å². The van der Waals surface area contributed by atoms with Crippen LogP contribution in [0.15, 0.2) is 48.5 Å². The number of benzene rings is 2. The molecule has 5 rings (SSSR count). The number of carbonyl (C=O) groups excluding carboxylic acids is 2. The third-order valence-electron chi connectivity index (χ3n) is 8.53. The standard InChI is InChI=1S/C28H32N2O5/c1-26(2,24(32)33)30(3)23(31)28(16-27(17-28)13-8-14-27)29-25(34)35-15-22-20-11-6-4-9-18(20)19-10-5-7-12-21(19)22/h4-7,9-12,22H,8,13-17H2,1-3H3,(H,29,34)(H,32,33). The molecule has 2 N–H and O–H groups in total. The van der Waals surface area contributed by atoms with Crippen LogP contribution in [-0.2, 0) is 14.3 Å². The van der Waals surface area contributed by atoms with Gasteiger partial charge < -0.3 is 20.1 Å². The molecule has 0 radical (unpaired) electrons. The van der Waals surface area contributed by atoms with Crippen molar-refractivity contribution in [1.82, 2.24) is 10.2 Å². The van der Waals surface area contributed by atoms with Crippen LogP contribution < -0.4 is 5.32 Å². The zero-order chi connectivity index (χ0) is 25.0. The second-order valence-corrected chi connectivity index (χ2v) is 11.0. The van der Waals surface area contributed by atoms with Crippen LogP contribution >= 0.6 is 0 Å². The van der Waals surface area contributed by atoms with E-state index in [2.05, 4.69) is 29.6 Å². The quantitative estimate of drug-likeness (QED) is 0.638. The minimum atomic E-state index is -1.39. The van der Waals surface area contributed by atoms with Gasteiger partial charge in [0.1, 0.15) is 17.7 Å². The molecular formula is C28H32N2O5. The SMILES string of the molecule is CN(C(=O)C1(NC(=O)OCC2c3ccccc3-c3ccccc32)CC2(CCC2)C1)C(C)(C)C(=O)O. The molecule has 2 aromatic rings. The topological polar surface area (TPSA) is 95.9 Å². The number of aliphatic carboxylic acids is 1. The Balaban J connectivity index is 1.32. The maximum Gasteiger partial charge on any atom is 0.408 e. The van der Waals surface area contributed by atoms with Crippen molar-refractivity contribution in [3.63, 3.8) is 0 Å².